The molecule has 0 amide bonds. The molecule has 0 bridgehead atoms. The first kappa shape index (κ1) is 21.6. The van der Waals surface area contributed by atoms with Crippen LogP contribution in [0, 0.1) is 5.82 Å². The maximum atomic E-state index is 13.2. The molecule has 0 radical (unpaired) electrons. The molecular weight excluding hydrogens is 375 g/mol. The summed E-state index contributed by atoms with van der Waals surface area (Å²) < 4.78 is 26.0. The van der Waals surface area contributed by atoms with Gasteiger partial charge < -0.3 is 20.3 Å². The van der Waals surface area contributed by atoms with Gasteiger partial charge in [-0.05, 0) is 31.9 Å². The van der Waals surface area contributed by atoms with Gasteiger partial charge in [-0.2, -0.15) is 5.10 Å². The number of ether oxygens (including phenoxy) is 2. The fourth-order valence-corrected chi connectivity index (χ4v) is 3.19. The van der Waals surface area contributed by atoms with Gasteiger partial charge in [0.1, 0.15) is 24.0 Å². The van der Waals surface area contributed by atoms with Gasteiger partial charge in [-0.3, -0.25) is 0 Å². The lowest BCUT2D eigenvalue weighted by molar-refractivity contribution is 0.134. The lowest BCUT2D eigenvalue weighted by Crippen LogP contribution is -2.28. The maximum absolute atomic E-state index is 13.2. The highest BCUT2D eigenvalue weighted by Gasteiger charge is 2.34. The van der Waals surface area contributed by atoms with Crippen LogP contribution in [-0.2, 0) is 17.9 Å². The van der Waals surface area contributed by atoms with Crippen molar-refractivity contribution in [1.82, 2.24) is 14.8 Å². The van der Waals surface area contributed by atoms with Crippen LogP contribution >= 0.6 is 12.4 Å². The number of aliphatic hydroxyl groups excluding tert-OH is 1. The van der Waals surface area contributed by atoms with Crippen molar-refractivity contribution in [1.29, 1.82) is 0 Å². The van der Waals surface area contributed by atoms with Gasteiger partial charge >= 0.3 is 0 Å². The molecule has 9 heteroatoms. The molecule has 7 nitrogen and oxygen atoms in total. The lowest BCUT2D eigenvalue weighted by Gasteiger charge is -2.10. The molecule has 27 heavy (non-hydrogen) atoms. The lowest BCUT2D eigenvalue weighted by atomic mass is 10.1. The minimum absolute atomic E-state index is 0. The third-order valence-electron chi connectivity index (χ3n) is 4.50. The van der Waals surface area contributed by atoms with E-state index >= 15 is 0 Å². The van der Waals surface area contributed by atoms with Gasteiger partial charge in [-0.25, -0.2) is 14.1 Å². The minimum Gasteiger partial charge on any atom is -0.485 e. The molecule has 0 saturated heterocycles. The van der Waals surface area contributed by atoms with Gasteiger partial charge in [0, 0.05) is 24.6 Å². The van der Waals surface area contributed by atoms with E-state index in [1.165, 1.54) is 12.1 Å². The SMILES string of the molecule is CCOCCn1nc(COc2cccc(F)c2)nc1[C@H]1C[C@@H](N)[C@H](O)C1.Cl. The Balaban J connectivity index is 0.00000261. The average Bonchev–Trinajstić information content (AvgIpc) is 3.17. The number of nitrogens with zero attached hydrogens (tertiary/aromatic N) is 3. The summed E-state index contributed by atoms with van der Waals surface area (Å²) in [4.78, 5) is 4.59. The summed E-state index contributed by atoms with van der Waals surface area (Å²) in [6, 6.07) is 5.71. The quantitative estimate of drug-likeness (QED) is 0.658. The summed E-state index contributed by atoms with van der Waals surface area (Å²) >= 11 is 0. The molecule has 1 saturated carbocycles. The van der Waals surface area contributed by atoms with E-state index in [1.807, 2.05) is 6.92 Å². The summed E-state index contributed by atoms with van der Waals surface area (Å²) in [6.07, 6.45) is 0.709. The molecule has 0 unspecified atom stereocenters. The van der Waals surface area contributed by atoms with Crippen LogP contribution < -0.4 is 10.5 Å². The first-order valence-corrected chi connectivity index (χ1v) is 8.90. The van der Waals surface area contributed by atoms with E-state index in [9.17, 15) is 9.50 Å². The summed E-state index contributed by atoms with van der Waals surface area (Å²) in [7, 11) is 0. The Labute approximate surface area is 164 Å². The molecule has 0 spiro atoms. The molecule has 3 rings (SSSR count). The van der Waals surface area contributed by atoms with Crippen LogP contribution in [0.25, 0.3) is 0 Å². The third-order valence-corrected chi connectivity index (χ3v) is 4.50. The summed E-state index contributed by atoms with van der Waals surface area (Å²) in [5.74, 6) is 1.42. The topological polar surface area (TPSA) is 95.4 Å². The zero-order valence-electron chi connectivity index (χ0n) is 15.3. The van der Waals surface area contributed by atoms with Gasteiger partial charge in [0.25, 0.3) is 0 Å². The van der Waals surface area contributed by atoms with E-state index in [0.29, 0.717) is 44.2 Å². The van der Waals surface area contributed by atoms with Crippen LogP contribution in [-0.4, -0.2) is 45.2 Å². The second-order valence-corrected chi connectivity index (χ2v) is 6.45. The molecule has 1 aliphatic rings. The molecule has 0 aliphatic heterocycles. The predicted molar refractivity (Wildman–Crippen MR) is 100 cm³/mol. The van der Waals surface area contributed by atoms with Crippen molar-refractivity contribution in [2.24, 2.45) is 5.73 Å². The van der Waals surface area contributed by atoms with Gasteiger partial charge in [0.2, 0.25) is 0 Å². The van der Waals surface area contributed by atoms with E-state index in [1.54, 1.807) is 16.8 Å². The first-order chi connectivity index (χ1) is 12.6. The van der Waals surface area contributed by atoms with Crippen molar-refractivity contribution in [3.63, 3.8) is 0 Å². The number of hydrogen-bond acceptors (Lipinski definition) is 6. The Kier molecular flexibility index (Phi) is 7.97. The summed E-state index contributed by atoms with van der Waals surface area (Å²) in [5.41, 5.74) is 5.94. The first-order valence-electron chi connectivity index (χ1n) is 8.90. The number of nitrogens with two attached hydrogens (primary N) is 1. The summed E-state index contributed by atoms with van der Waals surface area (Å²) in [6.45, 7) is 3.80. The molecule has 3 N–H and O–H groups in total. The Morgan fingerprint density at radius 3 is 2.85 bits per heavy atom. The van der Waals surface area contributed by atoms with Crippen molar-refractivity contribution in [2.75, 3.05) is 13.2 Å². The molecule has 1 aliphatic carbocycles. The number of benzene rings is 1. The number of hydrogen-bond donors (Lipinski definition) is 2. The van der Waals surface area contributed by atoms with Crippen LogP contribution in [0.5, 0.6) is 5.75 Å². The van der Waals surface area contributed by atoms with Crippen LogP contribution in [0.4, 0.5) is 4.39 Å². The Bertz CT molecular complexity index is 720. The minimum atomic E-state index is -0.524. The third kappa shape index (κ3) is 5.62. The molecular formula is C18H26ClFN4O3. The maximum Gasteiger partial charge on any atom is 0.188 e. The predicted octanol–water partition coefficient (Wildman–Crippen LogP) is 2.02. The zero-order chi connectivity index (χ0) is 18.5. The highest BCUT2D eigenvalue weighted by Crippen LogP contribution is 2.33. The number of aromatic nitrogens is 3. The van der Waals surface area contributed by atoms with E-state index < -0.39 is 6.10 Å². The molecule has 150 valence electrons. The van der Waals surface area contributed by atoms with Crippen molar-refractivity contribution < 1.29 is 19.0 Å². The van der Waals surface area contributed by atoms with Crippen LogP contribution in [0.3, 0.4) is 0 Å². The molecule has 1 aromatic carbocycles. The van der Waals surface area contributed by atoms with Crippen LogP contribution in [0.1, 0.15) is 37.3 Å². The largest absolute Gasteiger partial charge is 0.485 e. The fraction of sp³-hybridized carbons (Fsp3) is 0.556. The monoisotopic (exact) mass is 400 g/mol. The average molecular weight is 401 g/mol. The van der Waals surface area contributed by atoms with Crippen LogP contribution in [0.2, 0.25) is 0 Å². The molecule has 2 aromatic rings. The second kappa shape index (κ2) is 9.98. The second-order valence-electron chi connectivity index (χ2n) is 6.45. The number of aliphatic hydroxyl groups is 1. The molecule has 1 heterocycles. The molecule has 1 fully saturated rings. The Morgan fingerprint density at radius 2 is 2.19 bits per heavy atom. The number of rotatable bonds is 8. The normalized spacial score (nSPS) is 21.9. The van der Waals surface area contributed by atoms with Crippen molar-refractivity contribution >= 4 is 12.4 Å². The van der Waals surface area contributed by atoms with E-state index in [-0.39, 0.29) is 36.8 Å². The van der Waals surface area contributed by atoms with Gasteiger partial charge in [0.15, 0.2) is 5.82 Å². The van der Waals surface area contributed by atoms with E-state index in [4.69, 9.17) is 15.2 Å². The van der Waals surface area contributed by atoms with Crippen molar-refractivity contribution in [3.05, 3.63) is 41.7 Å². The Morgan fingerprint density at radius 1 is 1.37 bits per heavy atom. The summed E-state index contributed by atoms with van der Waals surface area (Å²) in [5, 5.41) is 14.5. The molecule has 3 atom stereocenters. The van der Waals surface area contributed by atoms with Crippen LogP contribution in [0.15, 0.2) is 24.3 Å². The molecule has 1 aromatic heterocycles. The standard InChI is InChI=1S/C18H25FN4O3.ClH/c1-2-25-7-6-23-18(12-8-15(20)16(24)9-12)21-17(22-23)11-26-14-5-3-4-13(19)10-14;/h3-5,10,12,15-16,24H,2,6-9,11,20H2,1H3;1H/t12-,15+,16+;/m0./s1. The number of halogens is 2. The van der Waals surface area contributed by atoms with Crippen molar-refractivity contribution in [2.45, 2.75) is 51.0 Å². The highest BCUT2D eigenvalue weighted by molar-refractivity contribution is 5.85. The van der Waals surface area contributed by atoms with E-state index in [2.05, 4.69) is 10.1 Å². The van der Waals surface area contributed by atoms with Gasteiger partial charge in [-0.1, -0.05) is 6.07 Å². The smallest absolute Gasteiger partial charge is 0.188 e. The van der Waals surface area contributed by atoms with Crippen molar-refractivity contribution in [3.8, 4) is 5.75 Å². The van der Waals surface area contributed by atoms with Gasteiger partial charge in [-0.15, -0.1) is 12.4 Å². The fourth-order valence-electron chi connectivity index (χ4n) is 3.19. The van der Waals surface area contributed by atoms with Gasteiger partial charge in [0.05, 0.1) is 19.3 Å². The zero-order valence-corrected chi connectivity index (χ0v) is 16.1. The van der Waals surface area contributed by atoms with E-state index in [0.717, 1.165) is 5.82 Å². The Hall–Kier alpha value is -1.74. The highest BCUT2D eigenvalue weighted by atomic mass is 35.5.